The van der Waals surface area contributed by atoms with Gasteiger partial charge in [-0.15, -0.1) is 11.8 Å². The van der Waals surface area contributed by atoms with Gasteiger partial charge in [-0.3, -0.25) is 9.59 Å². The van der Waals surface area contributed by atoms with Crippen LogP contribution in [0.3, 0.4) is 0 Å². The van der Waals surface area contributed by atoms with Gasteiger partial charge in [0.1, 0.15) is 0 Å². The topological polar surface area (TPSA) is 59.1 Å². The molecule has 2 atom stereocenters. The van der Waals surface area contributed by atoms with Crippen molar-refractivity contribution in [3.05, 3.63) is 0 Å². The van der Waals surface area contributed by atoms with Crippen LogP contribution in [0.1, 0.15) is 13.3 Å². The van der Waals surface area contributed by atoms with Gasteiger partial charge in [0.25, 0.3) is 0 Å². The molecule has 2 fully saturated rings. The number of hydrogen-bond acceptors (Lipinski definition) is 5. The molecular formula is C15H26N2O4S. The lowest BCUT2D eigenvalue weighted by Gasteiger charge is -2.36. The molecule has 0 aromatic rings. The summed E-state index contributed by atoms with van der Waals surface area (Å²) in [5.41, 5.74) is 0. The Morgan fingerprint density at radius 2 is 1.77 bits per heavy atom. The molecule has 0 aromatic heterocycles. The zero-order chi connectivity index (χ0) is 15.9. The Labute approximate surface area is 136 Å². The van der Waals surface area contributed by atoms with Gasteiger partial charge in [0.15, 0.2) is 0 Å². The molecule has 2 amide bonds. The maximum absolute atomic E-state index is 12.2. The molecule has 0 aliphatic carbocycles. The highest BCUT2D eigenvalue weighted by Gasteiger charge is 2.28. The number of piperidine rings is 1. The first-order chi connectivity index (χ1) is 10.6. The van der Waals surface area contributed by atoms with Crippen LogP contribution in [0.4, 0.5) is 0 Å². The second-order valence-corrected chi connectivity index (χ2v) is 6.85. The van der Waals surface area contributed by atoms with E-state index in [1.807, 2.05) is 9.80 Å². The first-order valence-corrected chi connectivity index (χ1v) is 9.01. The molecule has 0 saturated carbocycles. The van der Waals surface area contributed by atoms with Crippen molar-refractivity contribution in [2.75, 3.05) is 58.0 Å². The molecule has 126 valence electrons. The Morgan fingerprint density at radius 1 is 1.14 bits per heavy atom. The fraction of sp³-hybridized carbons (Fsp3) is 0.867. The van der Waals surface area contributed by atoms with Crippen molar-refractivity contribution in [1.82, 2.24) is 9.80 Å². The number of nitrogens with zero attached hydrogens (tertiary/aromatic N) is 2. The van der Waals surface area contributed by atoms with Gasteiger partial charge in [-0.05, 0) is 12.3 Å². The largest absolute Gasteiger partial charge is 0.379 e. The number of morpholine rings is 1. The molecule has 2 unspecified atom stereocenters. The number of carbonyl (C=O) groups is 2. The minimum absolute atomic E-state index is 0.100. The first kappa shape index (κ1) is 17.6. The Morgan fingerprint density at radius 3 is 2.41 bits per heavy atom. The quantitative estimate of drug-likeness (QED) is 0.733. The molecule has 2 saturated heterocycles. The fourth-order valence-electron chi connectivity index (χ4n) is 2.79. The van der Waals surface area contributed by atoms with E-state index in [0.717, 1.165) is 13.0 Å². The van der Waals surface area contributed by atoms with E-state index >= 15 is 0 Å². The minimum Gasteiger partial charge on any atom is -0.379 e. The predicted molar refractivity (Wildman–Crippen MR) is 85.9 cm³/mol. The van der Waals surface area contributed by atoms with Crippen molar-refractivity contribution in [2.24, 2.45) is 5.92 Å². The third-order valence-electron chi connectivity index (χ3n) is 4.36. The number of likely N-dealkylation sites (tertiary alicyclic amines) is 1. The molecule has 6 nitrogen and oxygen atoms in total. The molecular weight excluding hydrogens is 304 g/mol. The van der Waals surface area contributed by atoms with Crippen molar-refractivity contribution >= 4 is 23.6 Å². The Bertz CT molecular complexity index is 388. The van der Waals surface area contributed by atoms with Gasteiger partial charge in [-0.1, -0.05) is 6.92 Å². The zero-order valence-electron chi connectivity index (χ0n) is 13.5. The summed E-state index contributed by atoms with van der Waals surface area (Å²) in [5.74, 6) is 1.42. The minimum atomic E-state index is 0.100. The number of methoxy groups -OCH3 is 1. The van der Waals surface area contributed by atoms with Crippen molar-refractivity contribution in [3.8, 4) is 0 Å². The highest BCUT2D eigenvalue weighted by atomic mass is 32.2. The van der Waals surface area contributed by atoms with Crippen LogP contribution in [0.2, 0.25) is 0 Å². The van der Waals surface area contributed by atoms with E-state index < -0.39 is 0 Å². The standard InChI is InChI=1S/C15H26N2O4S/c1-12-3-4-17(9-13(12)20-2)15(19)11-22-10-14(18)16-5-7-21-8-6-16/h12-13H,3-11H2,1-2H3. The summed E-state index contributed by atoms with van der Waals surface area (Å²) in [4.78, 5) is 27.9. The summed E-state index contributed by atoms with van der Waals surface area (Å²) in [5, 5.41) is 0. The van der Waals surface area contributed by atoms with Crippen molar-refractivity contribution in [2.45, 2.75) is 19.4 Å². The molecule has 0 radical (unpaired) electrons. The summed E-state index contributed by atoms with van der Waals surface area (Å²) >= 11 is 1.40. The number of carbonyl (C=O) groups excluding carboxylic acids is 2. The number of ether oxygens (including phenoxy) is 2. The maximum Gasteiger partial charge on any atom is 0.232 e. The van der Waals surface area contributed by atoms with E-state index in [9.17, 15) is 9.59 Å². The second-order valence-electron chi connectivity index (χ2n) is 5.87. The van der Waals surface area contributed by atoms with Gasteiger partial charge >= 0.3 is 0 Å². The summed E-state index contributed by atoms with van der Waals surface area (Å²) < 4.78 is 10.7. The third kappa shape index (κ3) is 4.86. The summed E-state index contributed by atoms with van der Waals surface area (Å²) in [7, 11) is 1.70. The van der Waals surface area contributed by atoms with Gasteiger partial charge in [0.2, 0.25) is 11.8 Å². The molecule has 0 N–H and O–H groups in total. The van der Waals surface area contributed by atoms with Crippen LogP contribution >= 0.6 is 11.8 Å². The maximum atomic E-state index is 12.2. The van der Waals surface area contributed by atoms with Crippen LogP contribution < -0.4 is 0 Å². The van der Waals surface area contributed by atoms with E-state index in [4.69, 9.17) is 9.47 Å². The van der Waals surface area contributed by atoms with Crippen LogP contribution in [-0.2, 0) is 19.1 Å². The summed E-state index contributed by atoms with van der Waals surface area (Å²) in [6.45, 7) is 6.15. The van der Waals surface area contributed by atoms with E-state index in [2.05, 4.69) is 6.92 Å². The molecule has 22 heavy (non-hydrogen) atoms. The molecule has 0 aromatic carbocycles. The molecule has 2 aliphatic rings. The normalized spacial score (nSPS) is 26.1. The molecule has 0 bridgehead atoms. The lowest BCUT2D eigenvalue weighted by atomic mass is 9.96. The van der Waals surface area contributed by atoms with E-state index in [0.29, 0.717) is 50.3 Å². The molecule has 0 spiro atoms. The van der Waals surface area contributed by atoms with E-state index in [1.165, 1.54) is 11.8 Å². The SMILES string of the molecule is COC1CN(C(=O)CSCC(=O)N2CCOCC2)CCC1C. The zero-order valence-corrected chi connectivity index (χ0v) is 14.3. The number of thioether (sulfide) groups is 1. The van der Waals surface area contributed by atoms with Gasteiger partial charge in [0, 0.05) is 33.3 Å². The Hall–Kier alpha value is -0.790. The summed E-state index contributed by atoms with van der Waals surface area (Å²) in [6.07, 6.45) is 1.10. The third-order valence-corrected chi connectivity index (χ3v) is 5.26. The Kier molecular flexibility index (Phi) is 6.98. The summed E-state index contributed by atoms with van der Waals surface area (Å²) in [6, 6.07) is 0. The monoisotopic (exact) mass is 330 g/mol. The van der Waals surface area contributed by atoms with Crippen molar-refractivity contribution in [3.63, 3.8) is 0 Å². The lowest BCUT2D eigenvalue weighted by Crippen LogP contribution is -2.47. The van der Waals surface area contributed by atoms with Gasteiger partial charge < -0.3 is 19.3 Å². The first-order valence-electron chi connectivity index (χ1n) is 7.85. The van der Waals surface area contributed by atoms with Crippen LogP contribution in [0.5, 0.6) is 0 Å². The van der Waals surface area contributed by atoms with Gasteiger partial charge in [0.05, 0.1) is 30.8 Å². The van der Waals surface area contributed by atoms with Gasteiger partial charge in [-0.25, -0.2) is 0 Å². The molecule has 2 rings (SSSR count). The van der Waals surface area contributed by atoms with Crippen LogP contribution in [-0.4, -0.2) is 85.7 Å². The predicted octanol–water partition coefficient (Wildman–Crippen LogP) is 0.462. The van der Waals surface area contributed by atoms with Gasteiger partial charge in [-0.2, -0.15) is 0 Å². The average molecular weight is 330 g/mol. The lowest BCUT2D eigenvalue weighted by molar-refractivity contribution is -0.133. The Balaban J connectivity index is 1.68. The number of hydrogen-bond donors (Lipinski definition) is 0. The van der Waals surface area contributed by atoms with Crippen LogP contribution in [0, 0.1) is 5.92 Å². The smallest absolute Gasteiger partial charge is 0.232 e. The van der Waals surface area contributed by atoms with E-state index in [1.54, 1.807) is 7.11 Å². The van der Waals surface area contributed by atoms with Crippen molar-refractivity contribution in [1.29, 1.82) is 0 Å². The second kappa shape index (κ2) is 8.74. The molecule has 7 heteroatoms. The number of rotatable bonds is 5. The van der Waals surface area contributed by atoms with E-state index in [-0.39, 0.29) is 17.9 Å². The molecule has 2 heterocycles. The average Bonchev–Trinajstić information content (AvgIpc) is 2.55. The fourth-order valence-corrected chi connectivity index (χ4v) is 3.60. The highest BCUT2D eigenvalue weighted by molar-refractivity contribution is 8.00. The number of amides is 2. The highest BCUT2D eigenvalue weighted by Crippen LogP contribution is 2.20. The van der Waals surface area contributed by atoms with Crippen molar-refractivity contribution < 1.29 is 19.1 Å². The van der Waals surface area contributed by atoms with Crippen LogP contribution in [0.15, 0.2) is 0 Å². The molecule has 2 aliphatic heterocycles. The van der Waals surface area contributed by atoms with Crippen LogP contribution in [0.25, 0.3) is 0 Å².